The number of hydrogen-bond acceptors (Lipinski definition) is 3. The molecule has 0 saturated carbocycles. The van der Waals surface area contributed by atoms with Gasteiger partial charge in [-0.15, -0.1) is 0 Å². The van der Waals surface area contributed by atoms with E-state index in [1.807, 2.05) is 0 Å². The van der Waals surface area contributed by atoms with E-state index < -0.39 is 0 Å². The van der Waals surface area contributed by atoms with Gasteiger partial charge in [0.25, 0.3) is 0 Å². The summed E-state index contributed by atoms with van der Waals surface area (Å²) < 4.78 is 6.02. The van der Waals surface area contributed by atoms with Crippen LogP contribution in [0.5, 0.6) is 5.75 Å². The zero-order valence-electron chi connectivity index (χ0n) is 13.2. The quantitative estimate of drug-likeness (QED) is 0.681. The van der Waals surface area contributed by atoms with Crippen molar-refractivity contribution in [3.05, 3.63) is 28.8 Å². The van der Waals surface area contributed by atoms with Gasteiger partial charge in [-0.1, -0.05) is 38.5 Å². The molecule has 0 bridgehead atoms. The third-order valence-electron chi connectivity index (χ3n) is 3.06. The number of nitrogens with zero attached hydrogens (tertiary/aromatic N) is 1. The number of nitriles is 1. The van der Waals surface area contributed by atoms with E-state index in [9.17, 15) is 0 Å². The van der Waals surface area contributed by atoms with Gasteiger partial charge in [-0.05, 0) is 55.0 Å². The molecule has 0 fully saturated rings. The maximum absolute atomic E-state index is 8.66. The lowest BCUT2D eigenvalue weighted by Gasteiger charge is -2.18. The van der Waals surface area contributed by atoms with Crippen molar-refractivity contribution in [2.45, 2.75) is 41.0 Å². The average molecular weight is 291 g/mol. The summed E-state index contributed by atoms with van der Waals surface area (Å²) in [4.78, 5) is 0. The molecule has 1 unspecified atom stereocenters. The lowest BCUT2D eigenvalue weighted by atomic mass is 9.97. The van der Waals surface area contributed by atoms with Crippen LogP contribution in [0.2, 0.25) is 0 Å². The van der Waals surface area contributed by atoms with Crippen LogP contribution in [-0.2, 0) is 6.42 Å². The van der Waals surface area contributed by atoms with Crippen LogP contribution in [0.15, 0.2) is 12.1 Å². The van der Waals surface area contributed by atoms with E-state index in [1.165, 1.54) is 28.5 Å². The lowest BCUT2D eigenvalue weighted by Crippen LogP contribution is -2.10. The molecule has 110 valence electrons. The van der Waals surface area contributed by atoms with E-state index in [-0.39, 0.29) is 0 Å². The van der Waals surface area contributed by atoms with E-state index in [0.29, 0.717) is 11.8 Å². The molecule has 0 radical (unpaired) electrons. The highest BCUT2D eigenvalue weighted by atomic mass is 32.2. The first kappa shape index (κ1) is 16.9. The standard InChI is InChI=1S/C17H25NOS/c1-12(2)9-19-17-15(5)6-13(3)7-16(17)8-14(4)10-20-11-18/h6-7,12,14H,8-10H2,1-5H3. The fourth-order valence-corrected chi connectivity index (χ4v) is 2.74. The maximum atomic E-state index is 8.66. The van der Waals surface area contributed by atoms with Crippen LogP contribution in [0.3, 0.4) is 0 Å². The van der Waals surface area contributed by atoms with Crippen molar-refractivity contribution in [3.63, 3.8) is 0 Å². The van der Waals surface area contributed by atoms with E-state index in [1.54, 1.807) is 0 Å². The number of rotatable bonds is 7. The molecule has 0 aliphatic heterocycles. The molecule has 0 aliphatic rings. The number of aryl methyl sites for hydroxylation is 2. The molecule has 0 saturated heterocycles. The molecule has 0 heterocycles. The molecule has 1 aromatic carbocycles. The van der Waals surface area contributed by atoms with Crippen LogP contribution in [0.4, 0.5) is 0 Å². The largest absolute Gasteiger partial charge is 0.493 e. The Bertz CT molecular complexity index is 477. The number of ether oxygens (including phenoxy) is 1. The second-order valence-corrected chi connectivity index (χ2v) is 6.79. The average Bonchev–Trinajstić information content (AvgIpc) is 2.34. The summed E-state index contributed by atoms with van der Waals surface area (Å²) in [6, 6.07) is 4.39. The first-order valence-electron chi connectivity index (χ1n) is 7.17. The summed E-state index contributed by atoms with van der Waals surface area (Å²) in [6.45, 7) is 11.5. The number of thioether (sulfide) groups is 1. The van der Waals surface area contributed by atoms with Crippen LogP contribution in [0.25, 0.3) is 0 Å². The van der Waals surface area contributed by atoms with Crippen LogP contribution in [-0.4, -0.2) is 12.4 Å². The molecule has 0 aliphatic carbocycles. The van der Waals surface area contributed by atoms with E-state index in [0.717, 1.165) is 24.5 Å². The second-order valence-electron chi connectivity index (χ2n) is 5.99. The van der Waals surface area contributed by atoms with Gasteiger partial charge in [-0.2, -0.15) is 5.26 Å². The van der Waals surface area contributed by atoms with Gasteiger partial charge in [0.05, 0.1) is 6.61 Å². The zero-order valence-corrected chi connectivity index (χ0v) is 14.0. The van der Waals surface area contributed by atoms with Crippen molar-refractivity contribution >= 4 is 11.8 Å². The molecule has 20 heavy (non-hydrogen) atoms. The van der Waals surface area contributed by atoms with Crippen LogP contribution in [0.1, 0.15) is 37.5 Å². The van der Waals surface area contributed by atoms with E-state index in [4.69, 9.17) is 10.00 Å². The predicted molar refractivity (Wildman–Crippen MR) is 87.2 cm³/mol. The first-order valence-corrected chi connectivity index (χ1v) is 8.16. The Morgan fingerprint density at radius 2 is 1.95 bits per heavy atom. The van der Waals surface area contributed by atoms with Gasteiger partial charge in [0, 0.05) is 5.75 Å². The molecule has 0 N–H and O–H groups in total. The monoisotopic (exact) mass is 291 g/mol. The topological polar surface area (TPSA) is 33.0 Å². The fraction of sp³-hybridized carbons (Fsp3) is 0.588. The SMILES string of the molecule is Cc1cc(C)c(OCC(C)C)c(CC(C)CSC#N)c1. The molecule has 0 aromatic heterocycles. The highest BCUT2D eigenvalue weighted by Crippen LogP contribution is 2.29. The van der Waals surface area contributed by atoms with Gasteiger partial charge in [0.2, 0.25) is 0 Å². The van der Waals surface area contributed by atoms with Crippen molar-refractivity contribution < 1.29 is 4.74 Å². The number of benzene rings is 1. The first-order chi connectivity index (χ1) is 9.43. The van der Waals surface area contributed by atoms with Crippen molar-refractivity contribution in [3.8, 4) is 11.2 Å². The summed E-state index contributed by atoms with van der Waals surface area (Å²) >= 11 is 1.33. The van der Waals surface area contributed by atoms with Gasteiger partial charge in [0.15, 0.2) is 0 Å². The fourth-order valence-electron chi connectivity index (χ4n) is 2.26. The predicted octanol–water partition coefficient (Wildman–Crippen LogP) is 4.73. The van der Waals surface area contributed by atoms with Gasteiger partial charge in [0.1, 0.15) is 11.2 Å². The summed E-state index contributed by atoms with van der Waals surface area (Å²) in [5.41, 5.74) is 3.75. The minimum Gasteiger partial charge on any atom is -0.493 e. The normalized spacial score (nSPS) is 12.2. The molecule has 3 heteroatoms. The molecule has 1 rings (SSSR count). The Labute approximate surface area is 127 Å². The van der Waals surface area contributed by atoms with Gasteiger partial charge >= 0.3 is 0 Å². The van der Waals surface area contributed by atoms with Crippen molar-refractivity contribution in [2.75, 3.05) is 12.4 Å². The molecular formula is C17H25NOS. The lowest BCUT2D eigenvalue weighted by molar-refractivity contribution is 0.266. The van der Waals surface area contributed by atoms with Crippen molar-refractivity contribution in [2.24, 2.45) is 11.8 Å². The van der Waals surface area contributed by atoms with Crippen molar-refractivity contribution in [1.82, 2.24) is 0 Å². The van der Waals surface area contributed by atoms with E-state index in [2.05, 4.69) is 52.2 Å². The summed E-state index contributed by atoms with van der Waals surface area (Å²) in [5.74, 6) is 2.91. The third-order valence-corrected chi connectivity index (χ3v) is 3.92. The Morgan fingerprint density at radius 3 is 2.55 bits per heavy atom. The Morgan fingerprint density at radius 1 is 1.25 bits per heavy atom. The molecule has 0 amide bonds. The minimum atomic E-state index is 0.474. The highest BCUT2D eigenvalue weighted by Gasteiger charge is 2.13. The number of thiocyanates is 1. The van der Waals surface area contributed by atoms with E-state index >= 15 is 0 Å². The van der Waals surface area contributed by atoms with Crippen LogP contribution < -0.4 is 4.74 Å². The second kappa shape index (κ2) is 8.21. The smallest absolute Gasteiger partial charge is 0.133 e. The zero-order chi connectivity index (χ0) is 15.1. The van der Waals surface area contributed by atoms with Gasteiger partial charge in [-0.25, -0.2) is 0 Å². The molecule has 2 nitrogen and oxygen atoms in total. The Hall–Kier alpha value is -1.14. The molecule has 1 atom stereocenters. The Balaban J connectivity index is 2.89. The van der Waals surface area contributed by atoms with Crippen LogP contribution >= 0.6 is 11.8 Å². The highest BCUT2D eigenvalue weighted by molar-refractivity contribution is 8.03. The Kier molecular flexibility index (Phi) is 6.95. The summed E-state index contributed by atoms with van der Waals surface area (Å²) in [5, 5.41) is 10.8. The van der Waals surface area contributed by atoms with Crippen molar-refractivity contribution in [1.29, 1.82) is 5.26 Å². The van der Waals surface area contributed by atoms with Gasteiger partial charge < -0.3 is 4.74 Å². The molecule has 0 spiro atoms. The maximum Gasteiger partial charge on any atom is 0.133 e. The summed E-state index contributed by atoms with van der Waals surface area (Å²) in [6.07, 6.45) is 0.963. The minimum absolute atomic E-state index is 0.474. The third kappa shape index (κ3) is 5.46. The molecular weight excluding hydrogens is 266 g/mol. The summed E-state index contributed by atoms with van der Waals surface area (Å²) in [7, 11) is 0. The number of hydrogen-bond donors (Lipinski definition) is 0. The molecule has 1 aromatic rings. The van der Waals surface area contributed by atoms with Gasteiger partial charge in [-0.3, -0.25) is 0 Å². The van der Waals surface area contributed by atoms with Crippen LogP contribution in [0, 0.1) is 36.3 Å².